The second-order valence-electron chi connectivity index (χ2n) is 6.96. The molecule has 0 saturated heterocycles. The van der Waals surface area contributed by atoms with Crippen molar-refractivity contribution >= 4 is 23.3 Å². The van der Waals surface area contributed by atoms with Crippen LogP contribution in [-0.2, 0) is 6.54 Å². The molecule has 0 fully saturated rings. The number of nitrogens with one attached hydrogen (secondary N) is 2. The fraction of sp³-hybridized carbons (Fsp3) is 0.364. The van der Waals surface area contributed by atoms with Crippen LogP contribution < -0.4 is 15.5 Å². The first-order valence-electron chi connectivity index (χ1n) is 9.75. The summed E-state index contributed by atoms with van der Waals surface area (Å²) in [6, 6.07) is 11.0. The van der Waals surface area contributed by atoms with Gasteiger partial charge >= 0.3 is 6.03 Å². The average molecular weight is 400 g/mol. The number of amides is 3. The summed E-state index contributed by atoms with van der Waals surface area (Å²) in [6.45, 7) is 5.50. The lowest BCUT2D eigenvalue weighted by atomic mass is 10.1. The van der Waals surface area contributed by atoms with Crippen molar-refractivity contribution in [3.8, 4) is 0 Å². The van der Waals surface area contributed by atoms with Crippen LogP contribution in [0.1, 0.15) is 36.2 Å². The summed E-state index contributed by atoms with van der Waals surface area (Å²) >= 11 is 0. The predicted octanol–water partition coefficient (Wildman–Crippen LogP) is 4.09. The van der Waals surface area contributed by atoms with Crippen LogP contribution >= 0.6 is 0 Å². The zero-order chi connectivity index (χ0) is 21.4. The molecule has 2 N–H and O–H groups in total. The first kappa shape index (κ1) is 22.2. The van der Waals surface area contributed by atoms with E-state index >= 15 is 0 Å². The number of hydrogen-bond donors (Lipinski definition) is 2. The lowest BCUT2D eigenvalue weighted by Crippen LogP contribution is -2.40. The van der Waals surface area contributed by atoms with Gasteiger partial charge in [0.15, 0.2) is 0 Å². The molecule has 0 bridgehead atoms. The van der Waals surface area contributed by atoms with Gasteiger partial charge in [-0.15, -0.1) is 0 Å². The number of carbonyl (C=O) groups is 2. The van der Waals surface area contributed by atoms with E-state index in [2.05, 4.69) is 10.6 Å². The number of carbonyl (C=O) groups excluding carboxylic acids is 2. The van der Waals surface area contributed by atoms with Crippen LogP contribution in [0.3, 0.4) is 0 Å². The normalized spacial score (nSPS) is 10.4. The number of anilines is 2. The molecule has 7 heteroatoms. The zero-order valence-electron chi connectivity index (χ0n) is 17.5. The molecule has 0 atom stereocenters. The van der Waals surface area contributed by atoms with E-state index in [9.17, 15) is 14.0 Å². The van der Waals surface area contributed by atoms with Crippen molar-refractivity contribution in [3.63, 3.8) is 0 Å². The number of benzene rings is 2. The Bertz CT molecular complexity index is 854. The highest BCUT2D eigenvalue weighted by Crippen LogP contribution is 2.25. The summed E-state index contributed by atoms with van der Waals surface area (Å²) in [5.74, 6) is -0.847. The van der Waals surface area contributed by atoms with Crippen LogP contribution in [0.5, 0.6) is 0 Å². The molecule has 2 rings (SSSR count). The molecule has 0 heterocycles. The summed E-state index contributed by atoms with van der Waals surface area (Å²) in [6.07, 6.45) is 0.838. The summed E-state index contributed by atoms with van der Waals surface area (Å²) < 4.78 is 13.4. The van der Waals surface area contributed by atoms with E-state index in [4.69, 9.17) is 0 Å². The van der Waals surface area contributed by atoms with Gasteiger partial charge in [-0.3, -0.25) is 4.79 Å². The van der Waals surface area contributed by atoms with E-state index < -0.39 is 5.82 Å². The smallest absolute Gasteiger partial charge is 0.317 e. The molecule has 0 spiro atoms. The van der Waals surface area contributed by atoms with Gasteiger partial charge in [0.05, 0.1) is 0 Å². The van der Waals surface area contributed by atoms with Gasteiger partial charge in [-0.05, 0) is 55.3 Å². The molecular weight excluding hydrogens is 371 g/mol. The van der Waals surface area contributed by atoms with Crippen LogP contribution in [-0.4, -0.2) is 44.0 Å². The molecular formula is C22H29FN4O2. The third-order valence-corrected chi connectivity index (χ3v) is 4.38. The van der Waals surface area contributed by atoms with Crippen LogP contribution in [0.4, 0.5) is 20.6 Å². The van der Waals surface area contributed by atoms with Crippen LogP contribution in [0.25, 0.3) is 0 Å². The lowest BCUT2D eigenvalue weighted by molar-refractivity contribution is 0.102. The van der Waals surface area contributed by atoms with E-state index in [1.165, 1.54) is 18.2 Å². The summed E-state index contributed by atoms with van der Waals surface area (Å²) in [4.78, 5) is 28.6. The lowest BCUT2D eigenvalue weighted by Gasteiger charge is -2.26. The first-order chi connectivity index (χ1) is 13.8. The topological polar surface area (TPSA) is 64.7 Å². The Hall–Kier alpha value is -3.09. The number of nitrogens with zero attached hydrogens (tertiary/aromatic N) is 2. The minimum Gasteiger partial charge on any atom is -0.377 e. The molecule has 6 nitrogen and oxygen atoms in total. The number of hydrogen-bond acceptors (Lipinski definition) is 3. The van der Waals surface area contributed by atoms with E-state index in [-0.39, 0.29) is 17.5 Å². The largest absolute Gasteiger partial charge is 0.377 e. The Balaban J connectivity index is 2.28. The van der Waals surface area contributed by atoms with Crippen molar-refractivity contribution < 1.29 is 14.0 Å². The number of halogens is 1. The Labute approximate surface area is 171 Å². The van der Waals surface area contributed by atoms with Gasteiger partial charge in [0, 0.05) is 50.7 Å². The molecule has 29 heavy (non-hydrogen) atoms. The number of rotatable bonds is 8. The molecule has 0 aromatic heterocycles. The third kappa shape index (κ3) is 6.20. The van der Waals surface area contributed by atoms with Crippen LogP contribution in [0, 0.1) is 5.82 Å². The Morgan fingerprint density at radius 1 is 1.07 bits per heavy atom. The first-order valence-corrected chi connectivity index (χ1v) is 9.75. The van der Waals surface area contributed by atoms with E-state index in [0.29, 0.717) is 25.3 Å². The third-order valence-electron chi connectivity index (χ3n) is 4.38. The van der Waals surface area contributed by atoms with Crippen molar-refractivity contribution in [2.75, 3.05) is 37.4 Å². The van der Waals surface area contributed by atoms with E-state index in [0.717, 1.165) is 17.7 Å². The maximum atomic E-state index is 13.4. The Morgan fingerprint density at radius 3 is 2.45 bits per heavy atom. The highest BCUT2D eigenvalue weighted by atomic mass is 19.1. The predicted molar refractivity (Wildman–Crippen MR) is 115 cm³/mol. The highest BCUT2D eigenvalue weighted by molar-refractivity contribution is 6.04. The summed E-state index contributed by atoms with van der Waals surface area (Å²) in [7, 11) is 3.86. The van der Waals surface area contributed by atoms with Gasteiger partial charge in [0.25, 0.3) is 5.91 Å². The van der Waals surface area contributed by atoms with Crippen molar-refractivity contribution in [1.82, 2.24) is 10.2 Å². The van der Waals surface area contributed by atoms with Crippen molar-refractivity contribution in [2.24, 2.45) is 0 Å². The quantitative estimate of drug-likeness (QED) is 0.702. The fourth-order valence-corrected chi connectivity index (χ4v) is 3.05. The van der Waals surface area contributed by atoms with Gasteiger partial charge in [0.2, 0.25) is 0 Å². The average Bonchev–Trinajstić information content (AvgIpc) is 2.67. The summed E-state index contributed by atoms with van der Waals surface area (Å²) in [5, 5.41) is 5.65. The second kappa shape index (κ2) is 10.5. The molecule has 0 radical (unpaired) electrons. The minimum absolute atomic E-state index is 0.117. The van der Waals surface area contributed by atoms with Gasteiger partial charge < -0.3 is 20.4 Å². The van der Waals surface area contributed by atoms with Gasteiger partial charge in [-0.2, -0.15) is 0 Å². The monoisotopic (exact) mass is 400 g/mol. The molecule has 0 saturated carbocycles. The highest BCUT2D eigenvalue weighted by Gasteiger charge is 2.16. The molecule has 0 aliphatic carbocycles. The van der Waals surface area contributed by atoms with Gasteiger partial charge in [0.1, 0.15) is 5.82 Å². The Morgan fingerprint density at radius 2 is 1.83 bits per heavy atom. The molecule has 0 unspecified atom stereocenters. The maximum absolute atomic E-state index is 13.4. The summed E-state index contributed by atoms with van der Waals surface area (Å²) in [5.41, 5.74) is 2.70. The van der Waals surface area contributed by atoms with Crippen LogP contribution in [0.2, 0.25) is 0 Å². The maximum Gasteiger partial charge on any atom is 0.317 e. The standard InChI is InChI=1S/C22H29FN4O2/c1-5-12-27(22(29)24-6-2)15-17-14-19(10-11-20(17)26(3)4)25-21(28)16-8-7-9-18(23)13-16/h7-11,13-14H,5-6,12,15H2,1-4H3,(H,24,29)(H,25,28). The van der Waals surface area contributed by atoms with Gasteiger partial charge in [-0.1, -0.05) is 13.0 Å². The van der Waals surface area contributed by atoms with Gasteiger partial charge in [-0.25, -0.2) is 9.18 Å². The second-order valence-corrected chi connectivity index (χ2v) is 6.96. The van der Waals surface area contributed by atoms with E-state index in [1.807, 2.05) is 45.0 Å². The molecule has 156 valence electrons. The molecule has 3 amide bonds. The van der Waals surface area contributed by atoms with Crippen molar-refractivity contribution in [2.45, 2.75) is 26.8 Å². The zero-order valence-corrected chi connectivity index (χ0v) is 17.5. The molecule has 2 aromatic rings. The molecule has 0 aliphatic heterocycles. The minimum atomic E-state index is -0.460. The molecule has 2 aromatic carbocycles. The number of urea groups is 1. The van der Waals surface area contributed by atoms with Crippen molar-refractivity contribution in [3.05, 3.63) is 59.4 Å². The molecule has 0 aliphatic rings. The fourth-order valence-electron chi connectivity index (χ4n) is 3.05. The van der Waals surface area contributed by atoms with Crippen molar-refractivity contribution in [1.29, 1.82) is 0 Å². The van der Waals surface area contributed by atoms with Crippen LogP contribution in [0.15, 0.2) is 42.5 Å². The Kier molecular flexibility index (Phi) is 8.00. The SMILES string of the molecule is CCCN(Cc1cc(NC(=O)c2cccc(F)c2)ccc1N(C)C)C(=O)NCC. The van der Waals surface area contributed by atoms with E-state index in [1.54, 1.807) is 17.0 Å².